The maximum absolute atomic E-state index is 13.9. The second kappa shape index (κ2) is 23.5. The fourth-order valence-electron chi connectivity index (χ4n) is 9.02. The summed E-state index contributed by atoms with van der Waals surface area (Å²) in [5, 5.41) is 6.57. The summed E-state index contributed by atoms with van der Waals surface area (Å²) in [6, 6.07) is 20.7. The van der Waals surface area contributed by atoms with Gasteiger partial charge in [0.15, 0.2) is 0 Å². The molecule has 0 aliphatic carbocycles. The first-order chi connectivity index (χ1) is 33.3. The normalized spacial score (nSPS) is 14.0. The molecule has 1 aliphatic heterocycles. The molecule has 1 saturated heterocycles. The number of para-hydroxylation sites is 1. The van der Waals surface area contributed by atoms with Crippen molar-refractivity contribution in [3.8, 4) is 11.1 Å². The molecule has 0 saturated carbocycles. The molecule has 1 aliphatic rings. The van der Waals surface area contributed by atoms with E-state index in [-0.39, 0.29) is 65.0 Å². The Morgan fingerprint density at radius 1 is 0.700 bits per heavy atom. The number of Topliss-reactive ketones (excluding diaryl/α,β-unsaturated/α-hetero) is 2. The third kappa shape index (κ3) is 13.4. The van der Waals surface area contributed by atoms with Gasteiger partial charge in [-0.1, -0.05) is 52.0 Å². The van der Waals surface area contributed by atoms with Crippen molar-refractivity contribution in [1.29, 1.82) is 0 Å². The van der Waals surface area contributed by atoms with Crippen molar-refractivity contribution < 1.29 is 23.6 Å². The molecule has 13 nitrogen and oxygen atoms in total. The smallest absolute Gasteiger partial charge is 0.261 e. The van der Waals surface area contributed by atoms with Crippen molar-refractivity contribution in [3.05, 3.63) is 158 Å². The number of fused-ring (bicyclic) bond motifs is 1. The quantitative estimate of drug-likeness (QED) is 0.0854. The Labute approximate surface area is 409 Å². The minimum atomic E-state index is -0.724. The van der Waals surface area contributed by atoms with Gasteiger partial charge in [-0.15, -0.1) is 0 Å². The van der Waals surface area contributed by atoms with Crippen molar-refractivity contribution in [1.82, 2.24) is 29.7 Å². The van der Waals surface area contributed by atoms with Crippen molar-refractivity contribution >= 4 is 40.0 Å². The number of hydrogen-bond donors (Lipinski definition) is 2. The Morgan fingerprint density at radius 2 is 1.30 bits per heavy atom. The standard InChI is InChI=1S/C29H34FN3O3.C27H32N4O3/c1-17(2)9-26(33-8-7-18(3)10-27(33)35)29(36)32-25(13-21(6)34)22-14-23(16-31-15-22)28-19(4)11-24(30)12-20(28)5;1-18(2)14-25(31-17-28-23-11-5-4-10-22(23)27(31)34)26(33)29-24(15-19(3)32)20-8-6-9-21(16-20)30-12-7-13-30/h7-8,10-12,14-17,25-26H,9,13H2,1-6H3,(H,32,36);4-6,8-11,16-18,24-25H,7,12-15H2,1-3H3,(H,29,33)/t25-,26+;24-,25-/m00/s1. The topological polar surface area (TPSA) is 165 Å². The van der Waals surface area contributed by atoms with Crippen LogP contribution in [0.15, 0.2) is 113 Å². The van der Waals surface area contributed by atoms with Gasteiger partial charge in [0.05, 0.1) is 29.3 Å². The maximum atomic E-state index is 13.9. The number of anilines is 1. The highest BCUT2D eigenvalue weighted by Crippen LogP contribution is 2.31. The third-order valence-electron chi connectivity index (χ3n) is 12.5. The monoisotopic (exact) mass is 952 g/mol. The molecule has 1 fully saturated rings. The van der Waals surface area contributed by atoms with Crippen LogP contribution in [0.25, 0.3) is 22.0 Å². The number of nitrogens with zero attached hydrogens (tertiary/aromatic N) is 5. The average Bonchev–Trinajstić information content (AvgIpc) is 3.26. The van der Waals surface area contributed by atoms with Crippen molar-refractivity contribution in [2.45, 2.75) is 119 Å². The molecule has 6 aromatic rings. The van der Waals surface area contributed by atoms with E-state index in [1.54, 1.807) is 42.9 Å². The van der Waals surface area contributed by atoms with Crippen molar-refractivity contribution in [2.24, 2.45) is 11.8 Å². The molecule has 2 N–H and O–H groups in total. The van der Waals surface area contributed by atoms with Crippen LogP contribution in [0, 0.1) is 38.4 Å². The number of rotatable bonds is 18. The lowest BCUT2D eigenvalue weighted by Crippen LogP contribution is -2.40. The van der Waals surface area contributed by atoms with Crippen LogP contribution in [0.3, 0.4) is 0 Å². The van der Waals surface area contributed by atoms with Crippen molar-refractivity contribution in [3.63, 3.8) is 0 Å². The highest BCUT2D eigenvalue weighted by atomic mass is 19.1. The van der Waals surface area contributed by atoms with E-state index in [1.807, 2.05) is 78.8 Å². The highest BCUT2D eigenvalue weighted by Gasteiger charge is 2.29. The molecule has 0 spiro atoms. The minimum Gasteiger partial charge on any atom is -0.371 e. The fourth-order valence-corrected chi connectivity index (χ4v) is 9.02. The second-order valence-electron chi connectivity index (χ2n) is 19.5. The first-order valence-corrected chi connectivity index (χ1v) is 24.1. The molecule has 70 heavy (non-hydrogen) atoms. The van der Waals surface area contributed by atoms with Crippen LogP contribution in [0.1, 0.15) is 126 Å². The summed E-state index contributed by atoms with van der Waals surface area (Å²) in [4.78, 5) is 88.3. The van der Waals surface area contributed by atoms with Gasteiger partial charge in [-0.25, -0.2) is 9.37 Å². The molecule has 0 radical (unpaired) electrons. The van der Waals surface area contributed by atoms with E-state index in [0.717, 1.165) is 52.2 Å². The summed E-state index contributed by atoms with van der Waals surface area (Å²) in [7, 11) is 0. The van der Waals surface area contributed by atoms with E-state index in [4.69, 9.17) is 0 Å². The van der Waals surface area contributed by atoms with Crippen LogP contribution >= 0.6 is 0 Å². The first kappa shape index (κ1) is 52.3. The zero-order valence-corrected chi connectivity index (χ0v) is 41.8. The van der Waals surface area contributed by atoms with Gasteiger partial charge in [0.25, 0.3) is 11.1 Å². The van der Waals surface area contributed by atoms with E-state index >= 15 is 0 Å². The van der Waals surface area contributed by atoms with Crippen LogP contribution < -0.4 is 26.7 Å². The van der Waals surface area contributed by atoms with Gasteiger partial charge in [0.1, 0.15) is 29.5 Å². The third-order valence-corrected chi connectivity index (χ3v) is 12.5. The number of hydrogen-bond acceptors (Lipinski definition) is 9. The molecule has 2 amide bonds. The Bertz CT molecular complexity index is 2950. The van der Waals surface area contributed by atoms with Gasteiger partial charge in [0.2, 0.25) is 11.8 Å². The van der Waals surface area contributed by atoms with Crippen molar-refractivity contribution in [2.75, 3.05) is 18.0 Å². The Kier molecular flexibility index (Phi) is 17.5. The number of amides is 2. The van der Waals surface area contributed by atoms with Gasteiger partial charge < -0.3 is 20.1 Å². The number of aryl methyl sites for hydroxylation is 3. The lowest BCUT2D eigenvalue weighted by Gasteiger charge is -2.34. The Balaban J connectivity index is 0.000000230. The molecule has 0 unspecified atom stereocenters. The predicted molar refractivity (Wildman–Crippen MR) is 273 cm³/mol. The van der Waals surface area contributed by atoms with Crippen LogP contribution in [0.5, 0.6) is 0 Å². The summed E-state index contributed by atoms with van der Waals surface area (Å²) in [6.45, 7) is 18.6. The van der Waals surface area contributed by atoms with Gasteiger partial charge >= 0.3 is 0 Å². The predicted octanol–water partition coefficient (Wildman–Crippen LogP) is 9.43. The number of aromatic nitrogens is 4. The lowest BCUT2D eigenvalue weighted by molar-refractivity contribution is -0.127. The summed E-state index contributed by atoms with van der Waals surface area (Å²) in [6.07, 6.45) is 8.81. The molecule has 4 atom stereocenters. The van der Waals surface area contributed by atoms with Crippen LogP contribution in [0.4, 0.5) is 10.1 Å². The number of halogens is 1. The van der Waals surface area contributed by atoms with E-state index in [1.165, 1.54) is 53.9 Å². The zero-order valence-electron chi connectivity index (χ0n) is 41.8. The largest absolute Gasteiger partial charge is 0.371 e. The van der Waals surface area contributed by atoms with Gasteiger partial charge in [0, 0.05) is 61.8 Å². The number of carbonyl (C=O) groups excluding carboxylic acids is 4. The SMILES string of the molecule is CC(=O)C[C@H](NC(=O)[C@@H](CC(C)C)n1ccc(C)cc1=O)c1cncc(-c2c(C)cc(F)cc2C)c1.CC(=O)C[C@H](NC(=O)[C@H](CC(C)C)n1cnc2ccccc2c1=O)c1cccc(N2CCC2)c1. The number of nitrogens with one attached hydrogen (secondary N) is 2. The van der Waals surface area contributed by atoms with Crippen LogP contribution in [-0.2, 0) is 19.2 Å². The van der Waals surface area contributed by atoms with Gasteiger partial charge in [-0.3, -0.25) is 38.3 Å². The molecule has 0 bridgehead atoms. The van der Waals surface area contributed by atoms with E-state index in [2.05, 4.69) is 31.6 Å². The molecule has 14 heteroatoms. The number of ketones is 2. The van der Waals surface area contributed by atoms with E-state index < -0.39 is 24.2 Å². The molecule has 368 valence electrons. The number of benzene rings is 3. The summed E-state index contributed by atoms with van der Waals surface area (Å²) in [5.74, 6) is -0.682. The highest BCUT2D eigenvalue weighted by molar-refractivity contribution is 5.84. The number of pyridine rings is 2. The maximum Gasteiger partial charge on any atom is 0.261 e. The molecule has 7 rings (SSSR count). The minimum absolute atomic E-state index is 0.00963. The lowest BCUT2D eigenvalue weighted by atomic mass is 9.93. The van der Waals surface area contributed by atoms with E-state index in [9.17, 15) is 33.2 Å². The average molecular weight is 952 g/mol. The van der Waals surface area contributed by atoms with Crippen LogP contribution in [-0.4, -0.2) is 55.6 Å². The Hall–Kier alpha value is -7.09. The first-order valence-electron chi connectivity index (χ1n) is 24.1. The Morgan fingerprint density at radius 3 is 1.87 bits per heavy atom. The van der Waals surface area contributed by atoms with Gasteiger partial charge in [-0.05, 0) is 148 Å². The summed E-state index contributed by atoms with van der Waals surface area (Å²) < 4.78 is 16.7. The molecule has 3 aromatic heterocycles. The molecular formula is C56H66FN7O6. The summed E-state index contributed by atoms with van der Waals surface area (Å²) >= 11 is 0. The molecule has 3 aromatic carbocycles. The summed E-state index contributed by atoms with van der Waals surface area (Å²) in [5.41, 5.74) is 6.77. The molecular weight excluding hydrogens is 886 g/mol. The van der Waals surface area contributed by atoms with Crippen LogP contribution in [0.2, 0.25) is 0 Å². The fraction of sp³-hybridized carbons (Fsp3) is 0.393. The molecule has 4 heterocycles. The second-order valence-corrected chi connectivity index (χ2v) is 19.5. The van der Waals surface area contributed by atoms with E-state index in [0.29, 0.717) is 29.3 Å². The number of carbonyl (C=O) groups is 4. The zero-order chi connectivity index (χ0) is 50.8. The van der Waals surface area contributed by atoms with Gasteiger partial charge in [-0.2, -0.15) is 0 Å².